The Balaban J connectivity index is 2.16. The van der Waals surface area contributed by atoms with Crippen molar-refractivity contribution in [2.24, 2.45) is 0 Å². The van der Waals surface area contributed by atoms with Crippen LogP contribution in [0.3, 0.4) is 0 Å². The number of pyridine rings is 1. The van der Waals surface area contributed by atoms with E-state index in [-0.39, 0.29) is 5.75 Å². The second-order valence-corrected chi connectivity index (χ2v) is 6.96. The molecule has 2 aromatic rings. The summed E-state index contributed by atoms with van der Waals surface area (Å²) in [4.78, 5) is 4.34. The van der Waals surface area contributed by atoms with E-state index in [0.29, 0.717) is 29.2 Å². The van der Waals surface area contributed by atoms with Crippen molar-refractivity contribution in [1.29, 1.82) is 0 Å². The summed E-state index contributed by atoms with van der Waals surface area (Å²) in [7, 11) is -3.02. The third-order valence-electron chi connectivity index (χ3n) is 3.11. The van der Waals surface area contributed by atoms with Crippen LogP contribution in [0, 0.1) is 0 Å². The predicted octanol–water partition coefficient (Wildman–Crippen LogP) is 2.24. The van der Waals surface area contributed by atoms with Crippen molar-refractivity contribution >= 4 is 27.1 Å². The molecule has 1 aliphatic rings. The Kier molecular flexibility index (Phi) is 2.41. The summed E-state index contributed by atoms with van der Waals surface area (Å²) in [5.74, 6) is 0.263. The first-order chi connectivity index (χ1) is 8.08. The number of halogens is 1. The van der Waals surface area contributed by atoms with Gasteiger partial charge in [-0.2, -0.15) is 0 Å². The fourth-order valence-corrected chi connectivity index (χ4v) is 4.35. The minimum Gasteiger partial charge on any atom is -0.306 e. The number of sulfone groups is 1. The maximum Gasteiger partial charge on any atom is 0.158 e. The summed E-state index contributed by atoms with van der Waals surface area (Å²) in [6.07, 6.45) is 4.95. The highest BCUT2D eigenvalue weighted by atomic mass is 35.5. The minimum absolute atomic E-state index is 0.263. The average molecular weight is 271 g/mol. The first-order valence-corrected chi connectivity index (χ1v) is 7.52. The first-order valence-electron chi connectivity index (χ1n) is 5.42. The van der Waals surface area contributed by atoms with Crippen LogP contribution in [0.15, 0.2) is 24.5 Å². The van der Waals surface area contributed by atoms with Gasteiger partial charge in [0.25, 0.3) is 0 Å². The van der Waals surface area contributed by atoms with Crippen LogP contribution in [-0.4, -0.2) is 23.6 Å². The molecular weight excluding hydrogens is 260 g/mol. The molecule has 0 N–H and O–H groups in total. The van der Waals surface area contributed by atoms with Gasteiger partial charge in [-0.05, 0) is 25.0 Å². The van der Waals surface area contributed by atoms with Gasteiger partial charge in [0.1, 0.15) is 5.25 Å². The van der Waals surface area contributed by atoms with Gasteiger partial charge in [-0.25, -0.2) is 13.4 Å². The number of hydrogen-bond acceptors (Lipinski definition) is 3. The fraction of sp³-hybridized carbons (Fsp3) is 0.364. The molecule has 4 nitrogen and oxygen atoms in total. The van der Waals surface area contributed by atoms with Gasteiger partial charge in [-0.1, -0.05) is 11.6 Å². The molecule has 1 aliphatic heterocycles. The monoisotopic (exact) mass is 270 g/mol. The molecular formula is C11H11ClN2O2S. The van der Waals surface area contributed by atoms with Crippen LogP contribution in [0.25, 0.3) is 5.65 Å². The first kappa shape index (κ1) is 11.0. The van der Waals surface area contributed by atoms with Crippen molar-refractivity contribution < 1.29 is 8.42 Å². The van der Waals surface area contributed by atoms with Crippen molar-refractivity contribution in [3.63, 3.8) is 0 Å². The van der Waals surface area contributed by atoms with E-state index in [4.69, 9.17) is 11.6 Å². The Morgan fingerprint density at radius 1 is 1.47 bits per heavy atom. The summed E-state index contributed by atoms with van der Waals surface area (Å²) < 4.78 is 25.5. The molecule has 0 aliphatic carbocycles. The molecule has 17 heavy (non-hydrogen) atoms. The maximum atomic E-state index is 11.8. The second kappa shape index (κ2) is 3.71. The van der Waals surface area contributed by atoms with Crippen LogP contribution in [0.1, 0.15) is 23.8 Å². The number of rotatable bonds is 1. The van der Waals surface area contributed by atoms with E-state index in [1.807, 2.05) is 12.3 Å². The van der Waals surface area contributed by atoms with E-state index < -0.39 is 15.1 Å². The fourth-order valence-electron chi connectivity index (χ4n) is 2.28. The Bertz CT molecular complexity index is 678. The van der Waals surface area contributed by atoms with Crippen LogP contribution < -0.4 is 0 Å². The summed E-state index contributed by atoms with van der Waals surface area (Å²) in [6.45, 7) is 0. The van der Waals surface area contributed by atoms with Gasteiger partial charge in [-0.15, -0.1) is 0 Å². The standard InChI is InChI=1S/C11H11ClN2O2S/c12-8-3-1-5-14-7-9(13-11(8)14)10-4-2-6-17(10,15)16/h1,3,5,7,10H,2,4,6H2. The third kappa shape index (κ3) is 1.73. The van der Waals surface area contributed by atoms with Gasteiger partial charge in [0.15, 0.2) is 15.5 Å². The van der Waals surface area contributed by atoms with E-state index in [0.717, 1.165) is 0 Å². The summed E-state index contributed by atoms with van der Waals surface area (Å²) in [5, 5.41) is 0.0765. The molecule has 6 heteroatoms. The normalized spacial score (nSPS) is 23.2. The highest BCUT2D eigenvalue weighted by molar-refractivity contribution is 7.91. The molecule has 1 unspecified atom stereocenters. The molecule has 3 rings (SSSR count). The van der Waals surface area contributed by atoms with Gasteiger partial charge in [0.05, 0.1) is 16.5 Å². The number of fused-ring (bicyclic) bond motifs is 1. The van der Waals surface area contributed by atoms with Crippen LogP contribution in [0.4, 0.5) is 0 Å². The van der Waals surface area contributed by atoms with Gasteiger partial charge >= 0.3 is 0 Å². The van der Waals surface area contributed by atoms with Crippen molar-refractivity contribution in [2.75, 3.05) is 5.75 Å². The summed E-state index contributed by atoms with van der Waals surface area (Å²) in [6, 6.07) is 3.56. The topological polar surface area (TPSA) is 51.4 Å². The lowest BCUT2D eigenvalue weighted by Crippen LogP contribution is -2.08. The third-order valence-corrected chi connectivity index (χ3v) is 5.61. The molecule has 0 aromatic carbocycles. The largest absolute Gasteiger partial charge is 0.306 e. The Labute approximate surface area is 104 Å². The average Bonchev–Trinajstić information content (AvgIpc) is 2.81. The van der Waals surface area contributed by atoms with Gasteiger partial charge < -0.3 is 4.40 Å². The zero-order chi connectivity index (χ0) is 12.0. The van der Waals surface area contributed by atoms with E-state index in [2.05, 4.69) is 4.98 Å². The highest BCUT2D eigenvalue weighted by Crippen LogP contribution is 2.34. The van der Waals surface area contributed by atoms with Crippen LogP contribution in [0.5, 0.6) is 0 Å². The molecule has 0 saturated carbocycles. The van der Waals surface area contributed by atoms with E-state index in [1.54, 1.807) is 16.7 Å². The lowest BCUT2D eigenvalue weighted by Gasteiger charge is -2.03. The zero-order valence-electron chi connectivity index (χ0n) is 9.01. The van der Waals surface area contributed by atoms with Gasteiger partial charge in [-0.3, -0.25) is 0 Å². The molecule has 1 fully saturated rings. The Morgan fingerprint density at radius 2 is 2.29 bits per heavy atom. The number of imidazole rings is 1. The summed E-state index contributed by atoms with van der Waals surface area (Å²) in [5.41, 5.74) is 1.22. The maximum absolute atomic E-state index is 11.8. The van der Waals surface area contributed by atoms with E-state index in [9.17, 15) is 8.42 Å². The molecule has 90 valence electrons. The smallest absolute Gasteiger partial charge is 0.158 e. The SMILES string of the molecule is O=S1(=O)CCCC1c1cn2cccc(Cl)c2n1. The molecule has 0 spiro atoms. The van der Waals surface area contributed by atoms with Crippen LogP contribution in [-0.2, 0) is 9.84 Å². The Hall–Kier alpha value is -1.07. The van der Waals surface area contributed by atoms with E-state index in [1.165, 1.54) is 0 Å². The lowest BCUT2D eigenvalue weighted by molar-refractivity contribution is 0.591. The van der Waals surface area contributed by atoms with E-state index >= 15 is 0 Å². The predicted molar refractivity (Wildman–Crippen MR) is 66.0 cm³/mol. The lowest BCUT2D eigenvalue weighted by atomic mass is 10.2. The highest BCUT2D eigenvalue weighted by Gasteiger charge is 2.34. The molecule has 1 saturated heterocycles. The minimum atomic E-state index is -3.02. The number of aromatic nitrogens is 2. The van der Waals surface area contributed by atoms with Crippen molar-refractivity contribution in [2.45, 2.75) is 18.1 Å². The Morgan fingerprint density at radius 3 is 2.94 bits per heavy atom. The summed E-state index contributed by atoms with van der Waals surface area (Å²) >= 11 is 6.02. The number of nitrogens with zero attached hydrogens (tertiary/aromatic N) is 2. The van der Waals surface area contributed by atoms with Gasteiger partial charge in [0.2, 0.25) is 0 Å². The molecule has 1 atom stereocenters. The molecule has 0 amide bonds. The quantitative estimate of drug-likeness (QED) is 0.799. The second-order valence-electron chi connectivity index (χ2n) is 4.25. The zero-order valence-corrected chi connectivity index (χ0v) is 10.6. The molecule has 0 radical (unpaired) electrons. The van der Waals surface area contributed by atoms with Crippen molar-refractivity contribution in [1.82, 2.24) is 9.38 Å². The number of hydrogen-bond donors (Lipinski definition) is 0. The molecule has 0 bridgehead atoms. The molecule has 3 heterocycles. The van der Waals surface area contributed by atoms with Crippen LogP contribution >= 0.6 is 11.6 Å². The molecule has 2 aromatic heterocycles. The van der Waals surface area contributed by atoms with Gasteiger partial charge in [0, 0.05) is 12.4 Å². The van der Waals surface area contributed by atoms with Crippen molar-refractivity contribution in [3.8, 4) is 0 Å². The van der Waals surface area contributed by atoms with Crippen LogP contribution in [0.2, 0.25) is 5.02 Å². The van der Waals surface area contributed by atoms with Crippen molar-refractivity contribution in [3.05, 3.63) is 35.2 Å².